The van der Waals surface area contributed by atoms with Gasteiger partial charge in [-0.15, -0.1) is 0 Å². The molecular weight excluding hydrogens is 432 g/mol. The highest BCUT2D eigenvalue weighted by Crippen LogP contribution is 2.13. The van der Waals surface area contributed by atoms with Crippen LogP contribution in [0.2, 0.25) is 0 Å². The molecule has 0 saturated heterocycles. The van der Waals surface area contributed by atoms with Crippen molar-refractivity contribution < 1.29 is 8.85 Å². The summed E-state index contributed by atoms with van der Waals surface area (Å²) >= 11 is 0. The fraction of sp³-hybridized carbons (Fsp3) is 0.548. The Kier molecular flexibility index (Phi) is 15.6. The smallest absolute Gasteiger partial charge is 0.388 e. The van der Waals surface area contributed by atoms with Crippen molar-refractivity contribution in [2.75, 3.05) is 13.2 Å². The van der Waals surface area contributed by atoms with E-state index in [1.807, 2.05) is 0 Å². The molecule has 2 aromatic rings. The molecule has 0 atom stereocenters. The second kappa shape index (κ2) is 18.6. The number of hydrogen-bond acceptors (Lipinski definition) is 2. The molecule has 2 aromatic carbocycles. The molecule has 0 bridgehead atoms. The predicted octanol–water partition coefficient (Wildman–Crippen LogP) is 7.94. The largest absolute Gasteiger partial charge is 0.407 e. The van der Waals surface area contributed by atoms with Crippen LogP contribution in [0.5, 0.6) is 0 Å². The van der Waals surface area contributed by atoms with Crippen LogP contribution in [0.3, 0.4) is 0 Å². The Hall–Kier alpha value is -1.68. The molecule has 0 spiro atoms. The van der Waals surface area contributed by atoms with Gasteiger partial charge in [-0.25, -0.2) is 0 Å². The van der Waals surface area contributed by atoms with Crippen LogP contribution < -0.4 is 10.4 Å². The van der Waals surface area contributed by atoms with Crippen LogP contribution in [0.25, 0.3) is 0 Å². The summed E-state index contributed by atoms with van der Waals surface area (Å²) < 4.78 is 13.4. The third-order valence-corrected chi connectivity index (χ3v) is 9.75. The van der Waals surface area contributed by atoms with E-state index < -0.39 is 8.56 Å². The second-order valence-electron chi connectivity index (χ2n) is 9.28. The normalized spacial score (nSPS) is 11.9. The number of hydrogen-bond donors (Lipinski definition) is 0. The molecule has 0 aromatic heterocycles. The van der Waals surface area contributed by atoms with Gasteiger partial charge in [0.2, 0.25) is 0 Å². The van der Waals surface area contributed by atoms with E-state index >= 15 is 0 Å². The van der Waals surface area contributed by atoms with Crippen molar-refractivity contribution in [2.24, 2.45) is 0 Å². The number of allylic oxidation sites excluding steroid dienone is 1. The van der Waals surface area contributed by atoms with E-state index in [1.165, 1.54) is 81.0 Å². The highest BCUT2D eigenvalue weighted by atomic mass is 28.4. The number of benzene rings is 2. The van der Waals surface area contributed by atoms with Gasteiger partial charge in [-0.2, -0.15) is 0 Å². The van der Waals surface area contributed by atoms with Crippen LogP contribution in [-0.4, -0.2) is 21.8 Å². The molecule has 0 unspecified atom stereocenters. The van der Waals surface area contributed by atoms with Crippen LogP contribution in [0, 0.1) is 0 Å². The van der Waals surface area contributed by atoms with E-state index in [2.05, 4.69) is 86.7 Å². The summed E-state index contributed by atoms with van der Waals surface area (Å²) in [6.07, 6.45) is 21.2. The molecule has 0 aliphatic rings. The maximum atomic E-state index is 6.74. The summed E-state index contributed by atoms with van der Waals surface area (Å²) in [6.45, 7) is 5.95. The summed E-state index contributed by atoms with van der Waals surface area (Å²) in [6, 6.07) is 21.2. The molecule has 0 amide bonds. The minimum absolute atomic E-state index is 0.692. The molecule has 0 fully saturated rings. The van der Waals surface area contributed by atoms with Gasteiger partial charge in [0.25, 0.3) is 0 Å². The first kappa shape index (κ1) is 28.6. The lowest BCUT2D eigenvalue weighted by Crippen LogP contribution is -2.63. The van der Waals surface area contributed by atoms with Gasteiger partial charge in [0.05, 0.1) is 0 Å². The Bertz CT molecular complexity index is 705. The highest BCUT2D eigenvalue weighted by molar-refractivity contribution is 6.92. The maximum absolute atomic E-state index is 6.74. The minimum atomic E-state index is -2.73. The first-order valence-electron chi connectivity index (χ1n) is 13.9. The SMILES string of the molecule is CCCCCCCCCC/C=C/CCO[Si](OCCCCC)(c1ccccc1)c1ccccc1. The quantitative estimate of drug-likeness (QED) is 0.109. The molecule has 0 radical (unpaired) electrons. The van der Waals surface area contributed by atoms with Gasteiger partial charge in [0, 0.05) is 13.2 Å². The van der Waals surface area contributed by atoms with Crippen molar-refractivity contribution in [3.05, 3.63) is 72.8 Å². The van der Waals surface area contributed by atoms with E-state index in [1.54, 1.807) is 0 Å². The van der Waals surface area contributed by atoms with Gasteiger partial charge >= 0.3 is 8.56 Å². The number of rotatable bonds is 20. The third-order valence-electron chi connectivity index (χ3n) is 6.34. The van der Waals surface area contributed by atoms with Crippen LogP contribution in [-0.2, 0) is 8.85 Å². The Morgan fingerprint density at radius 2 is 1.00 bits per heavy atom. The van der Waals surface area contributed by atoms with Gasteiger partial charge in [-0.3, -0.25) is 0 Å². The fourth-order valence-corrected chi connectivity index (χ4v) is 7.51. The Morgan fingerprint density at radius 1 is 0.529 bits per heavy atom. The maximum Gasteiger partial charge on any atom is 0.407 e. The van der Waals surface area contributed by atoms with E-state index in [4.69, 9.17) is 8.85 Å². The summed E-state index contributed by atoms with van der Waals surface area (Å²) in [7, 11) is -2.73. The monoisotopic (exact) mass is 480 g/mol. The standard InChI is InChI=1S/C31H48O2Si/c1-3-5-7-8-9-10-11-12-13-14-15-23-29-33-34(32-28-22-6-4-2,30-24-18-16-19-25-30)31-26-20-17-21-27-31/h14-21,24-27H,3-13,22-23,28-29H2,1-2H3/b15-14+. The minimum Gasteiger partial charge on any atom is -0.388 e. The Balaban J connectivity index is 1.88. The predicted molar refractivity (Wildman–Crippen MR) is 150 cm³/mol. The molecule has 0 aliphatic carbocycles. The Labute approximate surface area is 211 Å². The van der Waals surface area contributed by atoms with Gasteiger partial charge < -0.3 is 8.85 Å². The lowest BCUT2D eigenvalue weighted by Gasteiger charge is -2.31. The fourth-order valence-electron chi connectivity index (χ4n) is 4.33. The van der Waals surface area contributed by atoms with Crippen molar-refractivity contribution in [3.8, 4) is 0 Å². The summed E-state index contributed by atoms with van der Waals surface area (Å²) in [5, 5.41) is 2.39. The molecule has 3 heteroatoms. The summed E-state index contributed by atoms with van der Waals surface area (Å²) in [5.41, 5.74) is 0. The lowest BCUT2D eigenvalue weighted by atomic mass is 10.1. The van der Waals surface area contributed by atoms with E-state index in [9.17, 15) is 0 Å². The van der Waals surface area contributed by atoms with Crippen molar-refractivity contribution in [2.45, 2.75) is 97.3 Å². The highest BCUT2D eigenvalue weighted by Gasteiger charge is 2.42. The van der Waals surface area contributed by atoms with E-state index in [0.29, 0.717) is 6.61 Å². The molecule has 0 aliphatic heterocycles. The topological polar surface area (TPSA) is 18.5 Å². The van der Waals surface area contributed by atoms with Crippen LogP contribution in [0.1, 0.15) is 97.3 Å². The molecule has 2 nitrogen and oxygen atoms in total. The van der Waals surface area contributed by atoms with Gasteiger partial charge in [0.1, 0.15) is 0 Å². The average Bonchev–Trinajstić information content (AvgIpc) is 2.89. The summed E-state index contributed by atoms with van der Waals surface area (Å²) in [5.74, 6) is 0. The molecule has 188 valence electrons. The molecule has 0 saturated carbocycles. The lowest BCUT2D eigenvalue weighted by molar-refractivity contribution is 0.190. The Morgan fingerprint density at radius 3 is 1.59 bits per heavy atom. The first-order valence-corrected chi connectivity index (χ1v) is 15.7. The molecule has 34 heavy (non-hydrogen) atoms. The molecule has 2 rings (SSSR count). The zero-order valence-corrected chi connectivity index (χ0v) is 22.9. The van der Waals surface area contributed by atoms with Crippen molar-refractivity contribution in [1.29, 1.82) is 0 Å². The zero-order valence-electron chi connectivity index (χ0n) is 21.9. The molecule has 0 N–H and O–H groups in total. The van der Waals surface area contributed by atoms with E-state index in [-0.39, 0.29) is 0 Å². The van der Waals surface area contributed by atoms with Crippen LogP contribution in [0.15, 0.2) is 72.8 Å². The van der Waals surface area contributed by atoms with Crippen LogP contribution >= 0.6 is 0 Å². The summed E-state index contributed by atoms with van der Waals surface area (Å²) in [4.78, 5) is 0. The zero-order chi connectivity index (χ0) is 24.2. The average molecular weight is 481 g/mol. The van der Waals surface area contributed by atoms with Gasteiger partial charge in [-0.05, 0) is 36.1 Å². The molecular formula is C31H48O2Si. The second-order valence-corrected chi connectivity index (χ2v) is 12.2. The van der Waals surface area contributed by atoms with Crippen molar-refractivity contribution >= 4 is 18.9 Å². The van der Waals surface area contributed by atoms with Gasteiger partial charge in [-0.1, -0.05) is 144 Å². The van der Waals surface area contributed by atoms with Crippen LogP contribution in [0.4, 0.5) is 0 Å². The van der Waals surface area contributed by atoms with Crippen molar-refractivity contribution in [1.82, 2.24) is 0 Å². The first-order chi connectivity index (χ1) is 16.8. The van der Waals surface area contributed by atoms with E-state index in [0.717, 1.165) is 19.4 Å². The third kappa shape index (κ3) is 10.7. The number of unbranched alkanes of at least 4 members (excludes halogenated alkanes) is 10. The van der Waals surface area contributed by atoms with Gasteiger partial charge in [0.15, 0.2) is 0 Å². The van der Waals surface area contributed by atoms with Crippen molar-refractivity contribution in [3.63, 3.8) is 0 Å². The molecule has 0 heterocycles.